The highest BCUT2D eigenvalue weighted by atomic mass is 19.1. The first-order valence-corrected chi connectivity index (χ1v) is 4.45. The van der Waals surface area contributed by atoms with Crippen LogP contribution in [0, 0.1) is 5.95 Å². The average Bonchev–Trinajstić information content (AvgIpc) is 2.17. The number of methoxy groups -OCH3 is 1. The summed E-state index contributed by atoms with van der Waals surface area (Å²) in [6, 6.07) is 4.18. The molecule has 0 saturated heterocycles. The lowest BCUT2D eigenvalue weighted by molar-refractivity contribution is -0.133. The summed E-state index contributed by atoms with van der Waals surface area (Å²) in [7, 11) is 1.43. The zero-order valence-corrected chi connectivity index (χ0v) is 8.87. The first-order chi connectivity index (χ1) is 6.95. The van der Waals surface area contributed by atoms with E-state index in [4.69, 9.17) is 4.74 Å². The van der Waals surface area contributed by atoms with Crippen molar-refractivity contribution in [2.24, 2.45) is 0 Å². The van der Waals surface area contributed by atoms with Crippen molar-refractivity contribution in [2.75, 3.05) is 12.4 Å². The Kier molecular flexibility index (Phi) is 3.36. The summed E-state index contributed by atoms with van der Waals surface area (Å²) in [5, 5.41) is 2.46. The summed E-state index contributed by atoms with van der Waals surface area (Å²) in [4.78, 5) is 15.1. The van der Waals surface area contributed by atoms with Gasteiger partial charge in [-0.1, -0.05) is 6.07 Å². The molecule has 82 valence electrons. The number of hydrogen-bond acceptors (Lipinski definition) is 3. The minimum Gasteiger partial charge on any atom is -0.369 e. The zero-order chi connectivity index (χ0) is 11.5. The largest absolute Gasteiger partial charge is 0.369 e. The maximum Gasteiger partial charge on any atom is 0.257 e. The molecule has 1 heterocycles. The van der Waals surface area contributed by atoms with E-state index < -0.39 is 11.5 Å². The van der Waals surface area contributed by atoms with Crippen LogP contribution in [0.25, 0.3) is 0 Å². The van der Waals surface area contributed by atoms with Crippen LogP contribution in [-0.4, -0.2) is 23.6 Å². The molecule has 4 nitrogen and oxygen atoms in total. The normalized spacial score (nSPS) is 11.2. The Morgan fingerprint density at radius 3 is 2.73 bits per heavy atom. The third kappa shape index (κ3) is 2.99. The molecule has 1 aromatic heterocycles. The van der Waals surface area contributed by atoms with Gasteiger partial charge < -0.3 is 10.1 Å². The molecule has 0 spiro atoms. The second-order valence-corrected chi connectivity index (χ2v) is 3.51. The second kappa shape index (κ2) is 4.35. The minimum atomic E-state index is -0.964. The number of rotatable bonds is 3. The molecule has 0 unspecified atom stereocenters. The molecular weight excluding hydrogens is 199 g/mol. The molecule has 0 atom stereocenters. The van der Waals surface area contributed by atoms with Gasteiger partial charge in [-0.25, -0.2) is 4.98 Å². The predicted molar refractivity (Wildman–Crippen MR) is 53.9 cm³/mol. The van der Waals surface area contributed by atoms with Gasteiger partial charge in [0.1, 0.15) is 11.4 Å². The van der Waals surface area contributed by atoms with E-state index in [2.05, 4.69) is 10.3 Å². The Morgan fingerprint density at radius 2 is 2.20 bits per heavy atom. The predicted octanol–water partition coefficient (Wildman–Crippen LogP) is 1.58. The molecule has 1 N–H and O–H groups in total. The summed E-state index contributed by atoms with van der Waals surface area (Å²) in [6.07, 6.45) is 0. The third-order valence-corrected chi connectivity index (χ3v) is 2.01. The number of ether oxygens (including phenoxy) is 1. The summed E-state index contributed by atoms with van der Waals surface area (Å²) >= 11 is 0. The number of aromatic nitrogens is 1. The molecular formula is C10H13FN2O2. The van der Waals surface area contributed by atoms with Crippen molar-refractivity contribution < 1.29 is 13.9 Å². The van der Waals surface area contributed by atoms with E-state index in [9.17, 15) is 9.18 Å². The van der Waals surface area contributed by atoms with E-state index in [1.807, 2.05) is 0 Å². The fourth-order valence-corrected chi connectivity index (χ4v) is 0.837. The van der Waals surface area contributed by atoms with Gasteiger partial charge in [-0.15, -0.1) is 0 Å². The number of nitrogens with zero attached hydrogens (tertiary/aromatic N) is 1. The molecule has 0 radical (unpaired) electrons. The monoisotopic (exact) mass is 212 g/mol. The lowest BCUT2D eigenvalue weighted by Crippen LogP contribution is -2.39. The van der Waals surface area contributed by atoms with Crippen LogP contribution in [-0.2, 0) is 9.53 Å². The smallest absolute Gasteiger partial charge is 0.257 e. The van der Waals surface area contributed by atoms with E-state index >= 15 is 0 Å². The minimum absolute atomic E-state index is 0.171. The van der Waals surface area contributed by atoms with Crippen molar-refractivity contribution in [3.8, 4) is 0 Å². The first kappa shape index (κ1) is 11.6. The van der Waals surface area contributed by atoms with Crippen molar-refractivity contribution in [3.63, 3.8) is 0 Å². The topological polar surface area (TPSA) is 51.2 Å². The van der Waals surface area contributed by atoms with E-state index in [1.165, 1.54) is 25.3 Å². The number of halogens is 1. The highest BCUT2D eigenvalue weighted by Crippen LogP contribution is 2.11. The molecule has 1 aromatic rings. The number of nitrogens with one attached hydrogen (secondary N) is 1. The van der Waals surface area contributed by atoms with Gasteiger partial charge in [0.2, 0.25) is 5.95 Å². The van der Waals surface area contributed by atoms with Crippen molar-refractivity contribution in [1.82, 2.24) is 4.98 Å². The fourth-order valence-electron chi connectivity index (χ4n) is 0.837. The molecule has 0 saturated carbocycles. The second-order valence-electron chi connectivity index (χ2n) is 3.51. The average molecular weight is 212 g/mol. The van der Waals surface area contributed by atoms with Crippen LogP contribution in [0.3, 0.4) is 0 Å². The number of carbonyl (C=O) groups excluding carboxylic acids is 1. The van der Waals surface area contributed by atoms with Crippen molar-refractivity contribution in [1.29, 1.82) is 0 Å². The summed E-state index contributed by atoms with van der Waals surface area (Å²) in [5.41, 5.74) is -0.964. The van der Waals surface area contributed by atoms with Crippen LogP contribution in [0.4, 0.5) is 10.2 Å². The van der Waals surface area contributed by atoms with E-state index in [0.29, 0.717) is 0 Å². The standard InChI is InChI=1S/C10H13FN2O2/c1-10(2,15-3)9(14)13-8-6-4-5-7(11)12-8/h4-6H,1-3H3,(H,12,13,14). The number of carbonyl (C=O) groups is 1. The van der Waals surface area contributed by atoms with Crippen molar-refractivity contribution >= 4 is 11.7 Å². The van der Waals surface area contributed by atoms with E-state index in [-0.39, 0.29) is 11.7 Å². The van der Waals surface area contributed by atoms with Gasteiger partial charge in [0, 0.05) is 7.11 Å². The van der Waals surface area contributed by atoms with Gasteiger partial charge in [0.25, 0.3) is 5.91 Å². The lowest BCUT2D eigenvalue weighted by Gasteiger charge is -2.21. The van der Waals surface area contributed by atoms with Gasteiger partial charge in [-0.05, 0) is 26.0 Å². The number of amides is 1. The van der Waals surface area contributed by atoms with Crippen LogP contribution < -0.4 is 5.32 Å². The SMILES string of the molecule is COC(C)(C)C(=O)Nc1cccc(F)n1. The third-order valence-electron chi connectivity index (χ3n) is 2.01. The Balaban J connectivity index is 2.75. The molecule has 0 aliphatic carbocycles. The summed E-state index contributed by atoms with van der Waals surface area (Å²) < 4.78 is 17.7. The summed E-state index contributed by atoms with van der Waals surface area (Å²) in [6.45, 7) is 3.23. The molecule has 1 amide bonds. The van der Waals surface area contributed by atoms with Gasteiger partial charge in [-0.2, -0.15) is 4.39 Å². The van der Waals surface area contributed by atoms with Crippen molar-refractivity contribution in [3.05, 3.63) is 24.1 Å². The Morgan fingerprint density at radius 1 is 1.53 bits per heavy atom. The molecule has 5 heteroatoms. The van der Waals surface area contributed by atoms with Crippen LogP contribution >= 0.6 is 0 Å². The van der Waals surface area contributed by atoms with Crippen LogP contribution in [0.5, 0.6) is 0 Å². The van der Waals surface area contributed by atoms with E-state index in [1.54, 1.807) is 13.8 Å². The molecule has 0 aromatic carbocycles. The number of hydrogen-bond donors (Lipinski definition) is 1. The Labute approximate surface area is 87.5 Å². The zero-order valence-electron chi connectivity index (χ0n) is 8.87. The highest BCUT2D eigenvalue weighted by Gasteiger charge is 2.27. The van der Waals surface area contributed by atoms with Gasteiger partial charge in [0.05, 0.1) is 0 Å². The molecule has 0 aliphatic heterocycles. The Bertz CT molecular complexity index is 366. The fraction of sp³-hybridized carbons (Fsp3) is 0.400. The van der Waals surface area contributed by atoms with Crippen LogP contribution in [0.1, 0.15) is 13.8 Å². The van der Waals surface area contributed by atoms with Gasteiger partial charge in [-0.3, -0.25) is 4.79 Å². The molecule has 0 fully saturated rings. The quantitative estimate of drug-likeness (QED) is 0.774. The highest BCUT2D eigenvalue weighted by molar-refractivity contribution is 5.95. The lowest BCUT2D eigenvalue weighted by atomic mass is 10.1. The molecule has 15 heavy (non-hydrogen) atoms. The Hall–Kier alpha value is -1.49. The molecule has 1 rings (SSSR count). The number of pyridine rings is 1. The van der Waals surface area contributed by atoms with Crippen LogP contribution in [0.15, 0.2) is 18.2 Å². The molecule has 0 bridgehead atoms. The molecule has 0 aliphatic rings. The van der Waals surface area contributed by atoms with E-state index in [0.717, 1.165) is 0 Å². The van der Waals surface area contributed by atoms with Crippen LogP contribution in [0.2, 0.25) is 0 Å². The maximum absolute atomic E-state index is 12.7. The van der Waals surface area contributed by atoms with Crippen molar-refractivity contribution in [2.45, 2.75) is 19.4 Å². The van der Waals surface area contributed by atoms with Gasteiger partial charge in [0.15, 0.2) is 0 Å². The summed E-state index contributed by atoms with van der Waals surface area (Å²) in [5.74, 6) is -0.837. The maximum atomic E-state index is 12.7. The number of anilines is 1. The first-order valence-electron chi connectivity index (χ1n) is 4.45. The van der Waals surface area contributed by atoms with Gasteiger partial charge >= 0.3 is 0 Å².